The van der Waals surface area contributed by atoms with Crippen molar-refractivity contribution in [3.8, 4) is 17.3 Å². The number of rotatable bonds is 6. The molecule has 1 aliphatic rings. The lowest BCUT2D eigenvalue weighted by Crippen LogP contribution is -2.53. The van der Waals surface area contributed by atoms with Crippen LogP contribution in [0.25, 0.3) is 11.4 Å². The minimum Gasteiger partial charge on any atom is -0.471 e. The summed E-state index contributed by atoms with van der Waals surface area (Å²) in [6.45, 7) is 4.29. The zero-order valence-corrected chi connectivity index (χ0v) is 19.7. The Morgan fingerprint density at radius 1 is 1.14 bits per heavy atom. The van der Waals surface area contributed by atoms with Gasteiger partial charge in [0.15, 0.2) is 11.5 Å². The largest absolute Gasteiger partial charge is 0.471 e. The number of halogens is 4. The average molecular weight is 504 g/mol. The number of alkyl halides is 3. The highest BCUT2D eigenvalue weighted by Gasteiger charge is 2.38. The Labute approximate surface area is 205 Å². The molecule has 1 amide bonds. The topological polar surface area (TPSA) is 81.1 Å². The van der Waals surface area contributed by atoms with E-state index in [0.29, 0.717) is 37.0 Å². The maximum Gasteiger partial charge on any atom is 0.434 e. The summed E-state index contributed by atoms with van der Waals surface area (Å²) in [7, 11) is 0. The highest BCUT2D eigenvalue weighted by Crippen LogP contribution is 2.32. The Morgan fingerprint density at radius 2 is 1.89 bits per heavy atom. The van der Waals surface area contributed by atoms with Gasteiger partial charge in [-0.25, -0.2) is 24.3 Å². The summed E-state index contributed by atoms with van der Waals surface area (Å²) in [4.78, 5) is 31.1. The predicted molar refractivity (Wildman–Crippen MR) is 122 cm³/mol. The molecule has 11 heteroatoms. The van der Waals surface area contributed by atoms with Crippen LogP contribution in [0.4, 0.5) is 17.6 Å². The van der Waals surface area contributed by atoms with Crippen molar-refractivity contribution in [3.05, 3.63) is 66.1 Å². The molecule has 0 radical (unpaired) electrons. The van der Waals surface area contributed by atoms with E-state index in [4.69, 9.17) is 4.74 Å². The van der Waals surface area contributed by atoms with E-state index in [1.54, 1.807) is 11.0 Å². The van der Waals surface area contributed by atoms with E-state index >= 15 is 0 Å². The van der Waals surface area contributed by atoms with Gasteiger partial charge in [-0.15, -0.1) is 0 Å². The third-order valence-corrected chi connectivity index (χ3v) is 6.17. The van der Waals surface area contributed by atoms with E-state index in [0.717, 1.165) is 12.6 Å². The van der Waals surface area contributed by atoms with Crippen molar-refractivity contribution < 1.29 is 27.1 Å². The molecular weight excluding hydrogens is 478 g/mol. The molecule has 0 N–H and O–H groups in total. The molecule has 1 saturated heterocycles. The van der Waals surface area contributed by atoms with Gasteiger partial charge >= 0.3 is 6.18 Å². The van der Waals surface area contributed by atoms with Gasteiger partial charge in [-0.3, -0.25) is 4.79 Å². The summed E-state index contributed by atoms with van der Waals surface area (Å²) in [6, 6.07) is 5.14. The Kier molecular flexibility index (Phi) is 7.46. The van der Waals surface area contributed by atoms with Crippen molar-refractivity contribution in [1.29, 1.82) is 0 Å². The fraction of sp³-hybridized carbons (Fsp3) is 0.400. The normalized spacial score (nSPS) is 19.1. The lowest BCUT2D eigenvalue weighted by molar-refractivity contribution is -0.141. The van der Waals surface area contributed by atoms with Crippen molar-refractivity contribution in [2.45, 2.75) is 51.4 Å². The fourth-order valence-electron chi connectivity index (χ4n) is 4.39. The molecule has 0 aliphatic carbocycles. The number of hydrogen-bond acceptors (Lipinski definition) is 6. The summed E-state index contributed by atoms with van der Waals surface area (Å²) < 4.78 is 58.7. The number of amides is 1. The summed E-state index contributed by atoms with van der Waals surface area (Å²) in [5.74, 6) is -0.536. The van der Waals surface area contributed by atoms with Crippen LogP contribution in [0.1, 0.15) is 49.2 Å². The molecule has 0 saturated carbocycles. The Bertz CT molecular complexity index is 1190. The predicted octanol–water partition coefficient (Wildman–Crippen LogP) is 5.19. The van der Waals surface area contributed by atoms with Crippen LogP contribution in [0.15, 0.2) is 49.1 Å². The third-order valence-electron chi connectivity index (χ3n) is 6.17. The van der Waals surface area contributed by atoms with E-state index in [1.807, 2.05) is 13.8 Å². The van der Waals surface area contributed by atoms with Crippen molar-refractivity contribution >= 4 is 5.91 Å². The van der Waals surface area contributed by atoms with Crippen LogP contribution in [0.3, 0.4) is 0 Å². The van der Waals surface area contributed by atoms with Crippen molar-refractivity contribution in [2.75, 3.05) is 6.54 Å². The summed E-state index contributed by atoms with van der Waals surface area (Å²) in [5, 5.41) is 0. The Morgan fingerprint density at radius 3 is 2.53 bits per heavy atom. The van der Waals surface area contributed by atoms with Crippen LogP contribution in [-0.2, 0) is 6.18 Å². The van der Waals surface area contributed by atoms with Gasteiger partial charge in [0, 0.05) is 24.5 Å². The number of nitrogens with zero attached hydrogens (tertiary/aromatic N) is 5. The van der Waals surface area contributed by atoms with Gasteiger partial charge in [-0.1, -0.05) is 13.8 Å². The third kappa shape index (κ3) is 5.60. The Balaban J connectivity index is 1.64. The molecule has 1 aliphatic heterocycles. The second-order valence-corrected chi connectivity index (χ2v) is 8.77. The second-order valence-electron chi connectivity index (χ2n) is 8.77. The van der Waals surface area contributed by atoms with Gasteiger partial charge < -0.3 is 9.64 Å². The number of piperidine rings is 1. The number of hydrogen-bond donors (Lipinski definition) is 0. The molecule has 2 aromatic heterocycles. The zero-order valence-electron chi connectivity index (χ0n) is 19.7. The first kappa shape index (κ1) is 25.5. The van der Waals surface area contributed by atoms with Gasteiger partial charge in [0.2, 0.25) is 5.88 Å². The smallest absolute Gasteiger partial charge is 0.434 e. The van der Waals surface area contributed by atoms with Crippen molar-refractivity contribution in [3.63, 3.8) is 0 Å². The van der Waals surface area contributed by atoms with E-state index in [1.165, 1.54) is 30.6 Å². The van der Waals surface area contributed by atoms with Crippen LogP contribution >= 0.6 is 0 Å². The average Bonchev–Trinajstić information content (AvgIpc) is 2.87. The van der Waals surface area contributed by atoms with Gasteiger partial charge in [0.05, 0.1) is 24.0 Å². The SMILES string of the molecule is CCC(Oc1cnc(C(F)(F)F)cn1)C1CCC(C)CN1C(=O)c1cc(F)ccc1-c1ncccn1. The number of carbonyl (C=O) groups excluding carboxylic acids is 1. The number of ether oxygens (including phenoxy) is 1. The van der Waals surface area contributed by atoms with Gasteiger partial charge in [0.25, 0.3) is 5.91 Å². The van der Waals surface area contributed by atoms with E-state index in [2.05, 4.69) is 19.9 Å². The standard InChI is InChI=1S/C25H25F4N5O2/c1-3-20(36-22-13-32-21(12-33-22)25(27,28)29)19-8-5-15(2)14-34(19)24(35)18-11-16(26)6-7-17(18)23-30-9-4-10-31-23/h4,6-7,9-13,15,19-20H,3,5,8,14H2,1-2H3. The first-order valence-corrected chi connectivity index (χ1v) is 11.6. The maximum absolute atomic E-state index is 14.3. The van der Waals surface area contributed by atoms with E-state index in [-0.39, 0.29) is 17.4 Å². The fourth-order valence-corrected chi connectivity index (χ4v) is 4.39. The molecule has 190 valence electrons. The highest BCUT2D eigenvalue weighted by atomic mass is 19.4. The van der Waals surface area contributed by atoms with Crippen LogP contribution in [0.2, 0.25) is 0 Å². The molecule has 7 nitrogen and oxygen atoms in total. The number of likely N-dealkylation sites (tertiary alicyclic amines) is 1. The van der Waals surface area contributed by atoms with E-state index < -0.39 is 35.7 Å². The van der Waals surface area contributed by atoms with Gasteiger partial charge in [-0.2, -0.15) is 13.2 Å². The zero-order chi connectivity index (χ0) is 25.9. The molecule has 0 bridgehead atoms. The van der Waals surface area contributed by atoms with E-state index in [9.17, 15) is 22.4 Å². The van der Waals surface area contributed by atoms with Crippen LogP contribution in [0, 0.1) is 11.7 Å². The lowest BCUT2D eigenvalue weighted by Gasteiger charge is -2.42. The van der Waals surface area contributed by atoms with Crippen LogP contribution in [-0.4, -0.2) is 49.4 Å². The highest BCUT2D eigenvalue weighted by molar-refractivity contribution is 6.00. The molecule has 1 aromatic carbocycles. The maximum atomic E-state index is 14.3. The quantitative estimate of drug-likeness (QED) is 0.431. The molecule has 3 heterocycles. The molecule has 3 aromatic rings. The number of carbonyl (C=O) groups is 1. The van der Waals surface area contributed by atoms with Crippen molar-refractivity contribution in [1.82, 2.24) is 24.8 Å². The second kappa shape index (κ2) is 10.5. The first-order chi connectivity index (χ1) is 17.2. The van der Waals surface area contributed by atoms with Crippen molar-refractivity contribution in [2.24, 2.45) is 5.92 Å². The molecule has 3 unspecified atom stereocenters. The van der Waals surface area contributed by atoms with Crippen LogP contribution < -0.4 is 4.74 Å². The minimum absolute atomic E-state index is 0.0648. The lowest BCUT2D eigenvalue weighted by atomic mass is 9.89. The summed E-state index contributed by atoms with van der Waals surface area (Å²) >= 11 is 0. The molecule has 1 fully saturated rings. The minimum atomic E-state index is -4.61. The molecule has 3 atom stereocenters. The Hall–Kier alpha value is -3.63. The van der Waals surface area contributed by atoms with Gasteiger partial charge in [0.1, 0.15) is 11.9 Å². The molecular formula is C25H25F4N5O2. The first-order valence-electron chi connectivity index (χ1n) is 11.6. The monoisotopic (exact) mass is 503 g/mol. The molecule has 0 spiro atoms. The number of aromatic nitrogens is 4. The summed E-state index contributed by atoms with van der Waals surface area (Å²) in [5.41, 5.74) is -0.584. The molecule has 4 rings (SSSR count). The summed E-state index contributed by atoms with van der Waals surface area (Å²) in [6.07, 6.45) is 1.35. The molecule has 36 heavy (non-hydrogen) atoms. The van der Waals surface area contributed by atoms with Gasteiger partial charge in [-0.05, 0) is 49.4 Å². The number of benzene rings is 1. The van der Waals surface area contributed by atoms with Crippen LogP contribution in [0.5, 0.6) is 5.88 Å².